The van der Waals surface area contributed by atoms with Gasteiger partial charge in [0.05, 0.1) is 6.54 Å². The van der Waals surface area contributed by atoms with Gasteiger partial charge in [-0.25, -0.2) is 0 Å². The van der Waals surface area contributed by atoms with E-state index in [0.717, 1.165) is 38.8 Å². The van der Waals surface area contributed by atoms with Crippen molar-refractivity contribution in [3.63, 3.8) is 0 Å². The van der Waals surface area contributed by atoms with Crippen LogP contribution in [0.2, 0.25) is 0 Å². The molecular formula is C19H27N3O2. The van der Waals surface area contributed by atoms with Crippen LogP contribution >= 0.6 is 0 Å². The zero-order valence-corrected chi connectivity index (χ0v) is 14.7. The average molecular weight is 329 g/mol. The first-order valence-corrected chi connectivity index (χ1v) is 8.89. The van der Waals surface area contributed by atoms with Crippen molar-refractivity contribution in [1.29, 1.82) is 0 Å². The smallest absolute Gasteiger partial charge is 0.251 e. The molecule has 1 fully saturated rings. The van der Waals surface area contributed by atoms with E-state index in [4.69, 9.17) is 0 Å². The van der Waals surface area contributed by atoms with E-state index in [-0.39, 0.29) is 24.4 Å². The molecule has 0 bridgehead atoms. The van der Waals surface area contributed by atoms with Crippen molar-refractivity contribution in [2.24, 2.45) is 0 Å². The van der Waals surface area contributed by atoms with Gasteiger partial charge in [-0.2, -0.15) is 0 Å². The standard InChI is InChI=1S/C19H27N3O2/c1-21-10-8-17(9-11-21)22(2)18(23)13-20-19(24)16-7-6-14-4-3-5-15(14)12-16/h6-7,12,17H,3-5,8-11,13H2,1-2H3,(H,20,24). The molecule has 5 nitrogen and oxygen atoms in total. The van der Waals surface area contributed by atoms with Gasteiger partial charge in [0.2, 0.25) is 5.91 Å². The van der Waals surface area contributed by atoms with Crippen LogP contribution in [0.3, 0.4) is 0 Å². The summed E-state index contributed by atoms with van der Waals surface area (Å²) >= 11 is 0. The van der Waals surface area contributed by atoms with Crippen LogP contribution in [0, 0.1) is 0 Å². The largest absolute Gasteiger partial charge is 0.343 e. The number of amides is 2. The molecule has 5 heteroatoms. The highest BCUT2D eigenvalue weighted by atomic mass is 16.2. The van der Waals surface area contributed by atoms with Gasteiger partial charge >= 0.3 is 0 Å². The lowest BCUT2D eigenvalue weighted by molar-refractivity contribution is -0.131. The summed E-state index contributed by atoms with van der Waals surface area (Å²) in [7, 11) is 3.95. The Labute approximate surface area is 144 Å². The summed E-state index contributed by atoms with van der Waals surface area (Å²) in [6.45, 7) is 2.10. The summed E-state index contributed by atoms with van der Waals surface area (Å²) in [5, 5.41) is 2.78. The Hall–Kier alpha value is -1.88. The number of carbonyl (C=O) groups excluding carboxylic acids is 2. The molecule has 1 aromatic carbocycles. The van der Waals surface area contributed by atoms with Crippen LogP contribution in [0.15, 0.2) is 18.2 Å². The molecule has 1 N–H and O–H groups in total. The van der Waals surface area contributed by atoms with Crippen LogP contribution in [-0.2, 0) is 17.6 Å². The Morgan fingerprint density at radius 3 is 2.67 bits per heavy atom. The second-order valence-corrected chi connectivity index (χ2v) is 7.06. The fourth-order valence-corrected chi connectivity index (χ4v) is 3.68. The second kappa shape index (κ2) is 7.34. The van der Waals surface area contributed by atoms with Crippen LogP contribution in [0.1, 0.15) is 40.7 Å². The monoisotopic (exact) mass is 329 g/mol. The van der Waals surface area contributed by atoms with Crippen LogP contribution in [0.4, 0.5) is 0 Å². The predicted octanol–water partition coefficient (Wildman–Crippen LogP) is 1.46. The molecule has 24 heavy (non-hydrogen) atoms. The van der Waals surface area contributed by atoms with E-state index >= 15 is 0 Å². The van der Waals surface area contributed by atoms with Crippen LogP contribution in [-0.4, -0.2) is 61.4 Å². The summed E-state index contributed by atoms with van der Waals surface area (Å²) < 4.78 is 0. The maximum absolute atomic E-state index is 12.3. The fraction of sp³-hybridized carbons (Fsp3) is 0.579. The summed E-state index contributed by atoms with van der Waals surface area (Å²) in [5.41, 5.74) is 3.28. The number of likely N-dealkylation sites (tertiary alicyclic amines) is 1. The van der Waals surface area contributed by atoms with Crippen molar-refractivity contribution in [3.05, 3.63) is 34.9 Å². The molecule has 0 radical (unpaired) electrons. The summed E-state index contributed by atoms with van der Waals surface area (Å²) in [5.74, 6) is -0.172. The van der Waals surface area contributed by atoms with E-state index in [2.05, 4.69) is 17.3 Å². The molecule has 3 rings (SSSR count). The van der Waals surface area contributed by atoms with E-state index in [1.165, 1.54) is 17.5 Å². The zero-order chi connectivity index (χ0) is 17.1. The van der Waals surface area contributed by atoms with Gasteiger partial charge in [-0.05, 0) is 75.5 Å². The molecule has 0 spiro atoms. The van der Waals surface area contributed by atoms with E-state index < -0.39 is 0 Å². The van der Waals surface area contributed by atoms with E-state index in [9.17, 15) is 9.59 Å². The van der Waals surface area contributed by atoms with Crippen molar-refractivity contribution in [2.45, 2.75) is 38.1 Å². The average Bonchev–Trinajstić information content (AvgIpc) is 3.07. The number of nitrogens with zero attached hydrogens (tertiary/aromatic N) is 2. The van der Waals surface area contributed by atoms with Gasteiger partial charge in [0.25, 0.3) is 5.91 Å². The molecule has 1 aliphatic heterocycles. The van der Waals surface area contributed by atoms with Crippen molar-refractivity contribution >= 4 is 11.8 Å². The van der Waals surface area contributed by atoms with Crippen LogP contribution < -0.4 is 5.32 Å². The second-order valence-electron chi connectivity index (χ2n) is 7.06. The van der Waals surface area contributed by atoms with Gasteiger partial charge in [0, 0.05) is 18.7 Å². The van der Waals surface area contributed by atoms with Gasteiger partial charge in [-0.3, -0.25) is 9.59 Å². The van der Waals surface area contributed by atoms with Crippen LogP contribution in [0.25, 0.3) is 0 Å². The molecule has 0 unspecified atom stereocenters. The number of carbonyl (C=O) groups is 2. The minimum absolute atomic E-state index is 0.0148. The molecule has 0 aromatic heterocycles. The number of benzene rings is 1. The molecule has 130 valence electrons. The lowest BCUT2D eigenvalue weighted by atomic mass is 10.0. The fourth-order valence-electron chi connectivity index (χ4n) is 3.68. The number of likely N-dealkylation sites (N-methyl/N-ethyl adjacent to an activating group) is 1. The highest BCUT2D eigenvalue weighted by molar-refractivity contribution is 5.96. The highest BCUT2D eigenvalue weighted by Gasteiger charge is 2.24. The molecule has 0 saturated carbocycles. The Morgan fingerprint density at radius 1 is 1.21 bits per heavy atom. The maximum atomic E-state index is 12.3. The minimum Gasteiger partial charge on any atom is -0.343 e. The summed E-state index contributed by atoms with van der Waals surface area (Å²) in [6, 6.07) is 6.17. The Kier molecular flexibility index (Phi) is 5.19. The quantitative estimate of drug-likeness (QED) is 0.910. The van der Waals surface area contributed by atoms with Gasteiger partial charge in [-0.15, -0.1) is 0 Å². The third-order valence-corrected chi connectivity index (χ3v) is 5.39. The number of rotatable bonds is 4. The minimum atomic E-state index is -0.158. The molecule has 2 aliphatic rings. The highest BCUT2D eigenvalue weighted by Crippen LogP contribution is 2.22. The van der Waals surface area contributed by atoms with Gasteiger partial charge in [-0.1, -0.05) is 6.07 Å². The van der Waals surface area contributed by atoms with E-state index in [0.29, 0.717) is 5.56 Å². The SMILES string of the molecule is CN1CCC(N(C)C(=O)CNC(=O)c2ccc3c(c2)CCC3)CC1. The van der Waals surface area contributed by atoms with Gasteiger partial charge in [0.1, 0.15) is 0 Å². The summed E-state index contributed by atoms with van der Waals surface area (Å²) in [6.07, 6.45) is 5.32. The van der Waals surface area contributed by atoms with E-state index in [1.54, 1.807) is 4.90 Å². The van der Waals surface area contributed by atoms with Crippen molar-refractivity contribution in [3.8, 4) is 0 Å². The third-order valence-electron chi connectivity index (χ3n) is 5.39. The number of fused-ring (bicyclic) bond motifs is 1. The van der Waals surface area contributed by atoms with Crippen molar-refractivity contribution < 1.29 is 9.59 Å². The Morgan fingerprint density at radius 2 is 1.92 bits per heavy atom. The molecular weight excluding hydrogens is 302 g/mol. The molecule has 1 heterocycles. The van der Waals surface area contributed by atoms with Crippen molar-refractivity contribution in [2.75, 3.05) is 33.7 Å². The molecule has 1 saturated heterocycles. The number of hydrogen-bond acceptors (Lipinski definition) is 3. The van der Waals surface area contributed by atoms with Crippen molar-refractivity contribution in [1.82, 2.24) is 15.1 Å². The first kappa shape index (κ1) is 17.0. The number of nitrogens with one attached hydrogen (secondary N) is 1. The normalized spacial score (nSPS) is 18.2. The number of piperidine rings is 1. The van der Waals surface area contributed by atoms with Gasteiger partial charge in [0.15, 0.2) is 0 Å². The number of aryl methyl sites for hydroxylation is 2. The van der Waals surface area contributed by atoms with Gasteiger partial charge < -0.3 is 15.1 Å². The Balaban J connectivity index is 1.51. The molecule has 1 aromatic rings. The number of hydrogen-bond donors (Lipinski definition) is 1. The third kappa shape index (κ3) is 3.78. The molecule has 2 amide bonds. The van der Waals surface area contributed by atoms with Crippen LogP contribution in [0.5, 0.6) is 0 Å². The topological polar surface area (TPSA) is 52.6 Å². The predicted molar refractivity (Wildman–Crippen MR) is 94.1 cm³/mol. The lowest BCUT2D eigenvalue weighted by Gasteiger charge is -2.35. The Bertz CT molecular complexity index is 621. The maximum Gasteiger partial charge on any atom is 0.251 e. The zero-order valence-electron chi connectivity index (χ0n) is 14.7. The first-order chi connectivity index (χ1) is 11.5. The molecule has 0 atom stereocenters. The molecule has 1 aliphatic carbocycles. The lowest BCUT2D eigenvalue weighted by Crippen LogP contribution is -2.47. The first-order valence-electron chi connectivity index (χ1n) is 8.89. The van der Waals surface area contributed by atoms with E-state index in [1.807, 2.05) is 25.2 Å². The summed E-state index contributed by atoms with van der Waals surface area (Å²) in [4.78, 5) is 28.7.